The van der Waals surface area contributed by atoms with Crippen molar-refractivity contribution in [1.82, 2.24) is 10.3 Å². The van der Waals surface area contributed by atoms with E-state index in [1.165, 1.54) is 24.5 Å². The molecule has 35 heavy (non-hydrogen) atoms. The molecule has 184 valence electrons. The van der Waals surface area contributed by atoms with Gasteiger partial charge in [0, 0.05) is 30.1 Å². The maximum absolute atomic E-state index is 13.2. The number of carbonyl (C=O) groups is 2. The molecule has 0 spiro atoms. The SMILES string of the molecule is Cc1ccc(C[C@H](NC(=O)c2ccncc2)C(=O)Nc2ccc(S(=O)(=O)CC(C)(C)C)cc2)cc1. The van der Waals surface area contributed by atoms with Crippen molar-refractivity contribution in [1.29, 1.82) is 0 Å². The van der Waals surface area contributed by atoms with Crippen LogP contribution < -0.4 is 10.6 Å². The lowest BCUT2D eigenvalue weighted by Crippen LogP contribution is -2.45. The summed E-state index contributed by atoms with van der Waals surface area (Å²) in [6.07, 6.45) is 3.32. The Morgan fingerprint density at radius 3 is 2.09 bits per heavy atom. The zero-order chi connectivity index (χ0) is 25.6. The minimum Gasteiger partial charge on any atom is -0.340 e. The second-order valence-corrected chi connectivity index (χ2v) is 11.8. The molecule has 0 bridgehead atoms. The van der Waals surface area contributed by atoms with Gasteiger partial charge in [-0.1, -0.05) is 50.6 Å². The molecule has 0 radical (unpaired) electrons. The number of nitrogens with one attached hydrogen (secondary N) is 2. The minimum atomic E-state index is -3.45. The van der Waals surface area contributed by atoms with E-state index < -0.39 is 21.8 Å². The first-order chi connectivity index (χ1) is 16.4. The second kappa shape index (κ2) is 10.8. The maximum Gasteiger partial charge on any atom is 0.252 e. The van der Waals surface area contributed by atoms with Gasteiger partial charge in [-0.25, -0.2) is 8.42 Å². The van der Waals surface area contributed by atoms with E-state index in [1.807, 2.05) is 52.0 Å². The van der Waals surface area contributed by atoms with E-state index in [9.17, 15) is 18.0 Å². The van der Waals surface area contributed by atoms with Crippen molar-refractivity contribution in [3.05, 3.63) is 89.7 Å². The van der Waals surface area contributed by atoms with Crippen molar-refractivity contribution in [2.24, 2.45) is 5.41 Å². The smallest absolute Gasteiger partial charge is 0.252 e. The molecule has 3 aromatic rings. The van der Waals surface area contributed by atoms with Gasteiger partial charge < -0.3 is 10.6 Å². The summed E-state index contributed by atoms with van der Waals surface area (Å²) in [7, 11) is -3.45. The van der Waals surface area contributed by atoms with Crippen molar-refractivity contribution >= 4 is 27.3 Å². The molecule has 1 heterocycles. The fraction of sp³-hybridized carbons (Fsp3) is 0.296. The highest BCUT2D eigenvalue weighted by Gasteiger charge is 2.25. The Morgan fingerprint density at radius 2 is 1.51 bits per heavy atom. The van der Waals surface area contributed by atoms with Gasteiger partial charge in [0.25, 0.3) is 5.91 Å². The van der Waals surface area contributed by atoms with Gasteiger partial charge in [0.2, 0.25) is 5.91 Å². The average Bonchev–Trinajstić information content (AvgIpc) is 2.79. The summed E-state index contributed by atoms with van der Waals surface area (Å²) in [5, 5.41) is 5.60. The molecule has 2 aromatic carbocycles. The largest absolute Gasteiger partial charge is 0.340 e. The molecule has 2 amide bonds. The minimum absolute atomic E-state index is 0.0192. The highest BCUT2D eigenvalue weighted by atomic mass is 32.2. The molecule has 3 rings (SSSR count). The number of rotatable bonds is 8. The molecular weight excluding hydrogens is 462 g/mol. The Labute approximate surface area is 206 Å². The summed E-state index contributed by atoms with van der Waals surface area (Å²) < 4.78 is 25.3. The normalized spacial score (nSPS) is 12.6. The van der Waals surface area contributed by atoms with Gasteiger partial charge in [-0.15, -0.1) is 0 Å². The Morgan fingerprint density at radius 1 is 0.914 bits per heavy atom. The highest BCUT2D eigenvalue weighted by Crippen LogP contribution is 2.23. The lowest BCUT2D eigenvalue weighted by Gasteiger charge is -2.20. The Kier molecular flexibility index (Phi) is 8.07. The molecule has 0 saturated carbocycles. The van der Waals surface area contributed by atoms with Crippen molar-refractivity contribution < 1.29 is 18.0 Å². The third-order valence-electron chi connectivity index (χ3n) is 5.23. The number of sulfone groups is 1. The lowest BCUT2D eigenvalue weighted by molar-refractivity contribution is -0.118. The van der Waals surface area contributed by atoms with Crippen LogP contribution >= 0.6 is 0 Å². The standard InChI is InChI=1S/C27H31N3O4S/c1-19-5-7-20(8-6-19)17-24(30-25(31)21-13-15-28-16-14-21)26(32)29-22-9-11-23(12-10-22)35(33,34)18-27(2,3)4/h5-16,24H,17-18H2,1-4H3,(H,29,32)(H,30,31)/t24-/m0/s1. The molecule has 0 aliphatic rings. The Bertz CT molecular complexity index is 1260. The number of anilines is 1. The fourth-order valence-electron chi connectivity index (χ4n) is 3.54. The molecule has 0 saturated heterocycles. The van der Waals surface area contributed by atoms with E-state index in [1.54, 1.807) is 24.3 Å². The number of hydrogen-bond donors (Lipinski definition) is 2. The van der Waals surface area contributed by atoms with Crippen LogP contribution in [-0.4, -0.2) is 37.0 Å². The number of aryl methyl sites for hydroxylation is 1. The van der Waals surface area contributed by atoms with Crippen LogP contribution in [0.3, 0.4) is 0 Å². The summed E-state index contributed by atoms with van der Waals surface area (Å²) in [5.41, 5.74) is 2.46. The first kappa shape index (κ1) is 26.1. The van der Waals surface area contributed by atoms with Crippen LogP contribution in [0.25, 0.3) is 0 Å². The van der Waals surface area contributed by atoms with Crippen LogP contribution in [0.1, 0.15) is 42.3 Å². The van der Waals surface area contributed by atoms with Gasteiger partial charge in [-0.05, 0) is 54.3 Å². The van der Waals surface area contributed by atoms with E-state index in [0.717, 1.165) is 11.1 Å². The number of amides is 2. The van der Waals surface area contributed by atoms with Crippen molar-refractivity contribution in [3.63, 3.8) is 0 Å². The molecule has 2 N–H and O–H groups in total. The van der Waals surface area contributed by atoms with Gasteiger partial charge in [0.1, 0.15) is 6.04 Å². The van der Waals surface area contributed by atoms with Gasteiger partial charge in [0.05, 0.1) is 10.6 Å². The van der Waals surface area contributed by atoms with Gasteiger partial charge in [-0.2, -0.15) is 0 Å². The number of benzene rings is 2. The summed E-state index contributed by atoms with van der Waals surface area (Å²) in [5.74, 6) is -0.771. The zero-order valence-electron chi connectivity index (χ0n) is 20.4. The third-order valence-corrected chi connectivity index (χ3v) is 7.47. The summed E-state index contributed by atoms with van der Waals surface area (Å²) in [6, 6.07) is 16.1. The van der Waals surface area contributed by atoms with E-state index in [4.69, 9.17) is 0 Å². The van der Waals surface area contributed by atoms with E-state index >= 15 is 0 Å². The lowest BCUT2D eigenvalue weighted by atomic mass is 10.0. The zero-order valence-corrected chi connectivity index (χ0v) is 21.2. The Balaban J connectivity index is 1.77. The summed E-state index contributed by atoms with van der Waals surface area (Å²) in [6.45, 7) is 7.58. The van der Waals surface area contributed by atoms with Crippen LogP contribution in [-0.2, 0) is 21.1 Å². The molecule has 0 unspecified atom stereocenters. The highest BCUT2D eigenvalue weighted by molar-refractivity contribution is 7.91. The average molecular weight is 494 g/mol. The van der Waals surface area contributed by atoms with Crippen LogP contribution in [0, 0.1) is 12.3 Å². The number of pyridine rings is 1. The number of aromatic nitrogens is 1. The van der Waals surface area contributed by atoms with Gasteiger partial charge in [0.15, 0.2) is 9.84 Å². The fourth-order valence-corrected chi connectivity index (χ4v) is 5.40. The molecule has 8 heteroatoms. The van der Waals surface area contributed by atoms with E-state index in [0.29, 0.717) is 17.7 Å². The number of nitrogens with zero attached hydrogens (tertiary/aromatic N) is 1. The molecular formula is C27H31N3O4S. The first-order valence-electron chi connectivity index (χ1n) is 11.3. The van der Waals surface area contributed by atoms with Crippen molar-refractivity contribution in [2.45, 2.75) is 45.1 Å². The van der Waals surface area contributed by atoms with Crippen molar-refractivity contribution in [2.75, 3.05) is 11.1 Å². The maximum atomic E-state index is 13.2. The molecule has 0 aliphatic carbocycles. The van der Waals surface area contributed by atoms with Crippen molar-refractivity contribution in [3.8, 4) is 0 Å². The number of hydrogen-bond acceptors (Lipinski definition) is 5. The quantitative estimate of drug-likeness (QED) is 0.490. The predicted octanol–water partition coefficient (Wildman–Crippen LogP) is 4.19. The monoisotopic (exact) mass is 493 g/mol. The van der Waals surface area contributed by atoms with Gasteiger partial charge >= 0.3 is 0 Å². The van der Waals surface area contributed by atoms with Gasteiger partial charge in [-0.3, -0.25) is 14.6 Å². The molecule has 0 aliphatic heterocycles. The summed E-state index contributed by atoms with van der Waals surface area (Å²) >= 11 is 0. The molecule has 0 fully saturated rings. The molecule has 1 aromatic heterocycles. The van der Waals surface area contributed by atoms with Crippen LogP contribution in [0.2, 0.25) is 0 Å². The Hall–Kier alpha value is -3.52. The second-order valence-electron chi connectivity index (χ2n) is 9.79. The summed E-state index contributed by atoms with van der Waals surface area (Å²) in [4.78, 5) is 30.0. The molecule has 1 atom stereocenters. The van der Waals surface area contributed by atoms with Crippen LogP contribution in [0.4, 0.5) is 5.69 Å². The van der Waals surface area contributed by atoms with Crippen LogP contribution in [0.15, 0.2) is 78.0 Å². The van der Waals surface area contributed by atoms with Crippen LogP contribution in [0.5, 0.6) is 0 Å². The van der Waals surface area contributed by atoms with E-state index in [2.05, 4.69) is 15.6 Å². The number of carbonyl (C=O) groups excluding carboxylic acids is 2. The first-order valence-corrected chi connectivity index (χ1v) is 13.0. The van der Waals surface area contributed by atoms with E-state index in [-0.39, 0.29) is 22.0 Å². The molecule has 7 nitrogen and oxygen atoms in total. The topological polar surface area (TPSA) is 105 Å². The predicted molar refractivity (Wildman–Crippen MR) is 137 cm³/mol. The third kappa shape index (κ3) is 7.75.